The van der Waals surface area contributed by atoms with Crippen molar-refractivity contribution in [1.29, 1.82) is 0 Å². The Morgan fingerprint density at radius 1 is 1.10 bits per heavy atom. The minimum absolute atomic E-state index is 0.413. The van der Waals surface area contributed by atoms with Gasteiger partial charge in [0, 0.05) is 10.4 Å². The van der Waals surface area contributed by atoms with E-state index in [0.29, 0.717) is 11.8 Å². The topological polar surface area (TPSA) is 9.23 Å². The number of halogens is 2. The summed E-state index contributed by atoms with van der Waals surface area (Å²) in [5.74, 6) is 1.95. The number of methoxy groups -OCH3 is 1. The molecular formula is C18H20BrClO. The van der Waals surface area contributed by atoms with Crippen molar-refractivity contribution >= 4 is 27.5 Å². The molecule has 0 aliphatic carbocycles. The molecule has 0 spiro atoms. The summed E-state index contributed by atoms with van der Waals surface area (Å²) in [6.07, 6.45) is 1.94. The molecule has 1 unspecified atom stereocenters. The van der Waals surface area contributed by atoms with E-state index >= 15 is 0 Å². The van der Waals surface area contributed by atoms with E-state index in [0.717, 1.165) is 23.1 Å². The summed E-state index contributed by atoms with van der Waals surface area (Å²) in [6, 6.07) is 14.6. The Labute approximate surface area is 140 Å². The Hall–Kier alpha value is -0.990. The van der Waals surface area contributed by atoms with E-state index in [1.54, 1.807) is 7.11 Å². The Balaban J connectivity index is 2.14. The van der Waals surface area contributed by atoms with Crippen molar-refractivity contribution in [2.24, 2.45) is 5.92 Å². The number of aryl methyl sites for hydroxylation is 1. The largest absolute Gasteiger partial charge is 0.497 e. The Kier molecular flexibility index (Phi) is 6.13. The summed E-state index contributed by atoms with van der Waals surface area (Å²) in [5.41, 5.74) is 3.95. The highest BCUT2D eigenvalue weighted by Crippen LogP contribution is 2.27. The number of hydrogen-bond acceptors (Lipinski definition) is 1. The highest BCUT2D eigenvalue weighted by atomic mass is 79.9. The van der Waals surface area contributed by atoms with Crippen LogP contribution < -0.4 is 4.74 Å². The van der Waals surface area contributed by atoms with Crippen LogP contribution >= 0.6 is 27.5 Å². The molecule has 2 rings (SSSR count). The van der Waals surface area contributed by atoms with Gasteiger partial charge in [0.1, 0.15) is 5.75 Å². The molecule has 0 saturated carbocycles. The summed E-state index contributed by atoms with van der Waals surface area (Å²) >= 11 is 9.82. The molecule has 3 heteroatoms. The van der Waals surface area contributed by atoms with Gasteiger partial charge in [-0.2, -0.15) is 0 Å². The standard InChI is InChI=1S/C18H20BrClO/c1-13-5-3-4-6-15(13)9-14(12-20)10-16-11-17(21-2)7-8-18(16)19/h3-8,11,14H,9-10,12H2,1-2H3. The first-order chi connectivity index (χ1) is 10.1. The molecule has 2 aromatic carbocycles. The summed E-state index contributed by atoms with van der Waals surface area (Å²) in [5, 5.41) is 0. The highest BCUT2D eigenvalue weighted by Gasteiger charge is 2.13. The number of alkyl halides is 1. The van der Waals surface area contributed by atoms with Gasteiger partial charge in [0.25, 0.3) is 0 Å². The van der Waals surface area contributed by atoms with Gasteiger partial charge in [0.2, 0.25) is 0 Å². The smallest absolute Gasteiger partial charge is 0.119 e. The van der Waals surface area contributed by atoms with Gasteiger partial charge in [0.05, 0.1) is 7.11 Å². The summed E-state index contributed by atoms with van der Waals surface area (Å²) in [6.45, 7) is 2.15. The molecule has 0 aromatic heterocycles. The monoisotopic (exact) mass is 366 g/mol. The summed E-state index contributed by atoms with van der Waals surface area (Å²) < 4.78 is 6.42. The lowest BCUT2D eigenvalue weighted by Crippen LogP contribution is -2.11. The van der Waals surface area contributed by atoms with Gasteiger partial charge in [-0.15, -0.1) is 11.6 Å². The maximum absolute atomic E-state index is 6.20. The van der Waals surface area contributed by atoms with Gasteiger partial charge >= 0.3 is 0 Å². The van der Waals surface area contributed by atoms with E-state index in [1.165, 1.54) is 16.7 Å². The van der Waals surface area contributed by atoms with Crippen LogP contribution in [0.15, 0.2) is 46.9 Å². The Morgan fingerprint density at radius 3 is 2.48 bits per heavy atom. The van der Waals surface area contributed by atoms with Crippen LogP contribution in [0.4, 0.5) is 0 Å². The van der Waals surface area contributed by atoms with E-state index in [-0.39, 0.29) is 0 Å². The van der Waals surface area contributed by atoms with Gasteiger partial charge < -0.3 is 4.74 Å². The van der Waals surface area contributed by atoms with Crippen LogP contribution in [0, 0.1) is 12.8 Å². The van der Waals surface area contributed by atoms with E-state index in [2.05, 4.69) is 53.2 Å². The fourth-order valence-corrected chi connectivity index (χ4v) is 3.10. The molecule has 0 N–H and O–H groups in total. The second-order valence-corrected chi connectivity index (χ2v) is 6.48. The van der Waals surface area contributed by atoms with Crippen LogP contribution in [0.5, 0.6) is 5.75 Å². The first-order valence-corrected chi connectivity index (χ1v) is 8.39. The van der Waals surface area contributed by atoms with Gasteiger partial charge in [-0.1, -0.05) is 40.2 Å². The third-order valence-corrected chi connectivity index (χ3v) is 4.96. The molecule has 2 aromatic rings. The van der Waals surface area contributed by atoms with Crippen LogP contribution in [0.3, 0.4) is 0 Å². The van der Waals surface area contributed by atoms with Crippen molar-refractivity contribution in [3.63, 3.8) is 0 Å². The average molecular weight is 368 g/mol. The second kappa shape index (κ2) is 7.86. The van der Waals surface area contributed by atoms with E-state index in [9.17, 15) is 0 Å². The van der Waals surface area contributed by atoms with Crippen LogP contribution in [-0.2, 0) is 12.8 Å². The molecule has 0 heterocycles. The lowest BCUT2D eigenvalue weighted by molar-refractivity contribution is 0.413. The molecular weight excluding hydrogens is 348 g/mol. The lowest BCUT2D eigenvalue weighted by atomic mass is 9.92. The first-order valence-electron chi connectivity index (χ1n) is 7.07. The van der Waals surface area contributed by atoms with Crippen LogP contribution in [0.25, 0.3) is 0 Å². The third-order valence-electron chi connectivity index (χ3n) is 3.75. The third kappa shape index (κ3) is 4.49. The van der Waals surface area contributed by atoms with E-state index in [4.69, 9.17) is 16.3 Å². The predicted octanol–water partition coefficient (Wildman–Crippen LogP) is 5.41. The zero-order valence-corrected chi connectivity index (χ0v) is 14.7. The zero-order chi connectivity index (χ0) is 15.2. The first kappa shape index (κ1) is 16.4. The number of benzene rings is 2. The van der Waals surface area contributed by atoms with Crippen molar-refractivity contribution in [1.82, 2.24) is 0 Å². The Bertz CT molecular complexity index is 598. The molecule has 0 fully saturated rings. The van der Waals surface area contributed by atoms with Crippen molar-refractivity contribution in [2.45, 2.75) is 19.8 Å². The quantitative estimate of drug-likeness (QED) is 0.621. The SMILES string of the molecule is COc1ccc(Br)c(CC(CCl)Cc2ccccc2C)c1. The molecule has 112 valence electrons. The zero-order valence-electron chi connectivity index (χ0n) is 12.4. The van der Waals surface area contributed by atoms with E-state index in [1.807, 2.05) is 12.1 Å². The molecule has 0 amide bonds. The molecule has 21 heavy (non-hydrogen) atoms. The Morgan fingerprint density at radius 2 is 1.81 bits per heavy atom. The fourth-order valence-electron chi connectivity index (χ4n) is 2.48. The maximum atomic E-state index is 6.20. The van der Waals surface area contributed by atoms with Gasteiger partial charge in [-0.05, 0) is 60.6 Å². The molecule has 1 atom stereocenters. The molecule has 0 saturated heterocycles. The predicted molar refractivity (Wildman–Crippen MR) is 93.5 cm³/mol. The summed E-state index contributed by atoms with van der Waals surface area (Å²) in [7, 11) is 1.69. The van der Waals surface area contributed by atoms with E-state index < -0.39 is 0 Å². The van der Waals surface area contributed by atoms with Crippen LogP contribution in [-0.4, -0.2) is 13.0 Å². The number of rotatable bonds is 6. The average Bonchev–Trinajstić information content (AvgIpc) is 2.50. The van der Waals surface area contributed by atoms with Crippen molar-refractivity contribution in [3.05, 3.63) is 63.6 Å². The highest BCUT2D eigenvalue weighted by molar-refractivity contribution is 9.10. The number of hydrogen-bond donors (Lipinski definition) is 0. The van der Waals surface area contributed by atoms with Crippen LogP contribution in [0.1, 0.15) is 16.7 Å². The van der Waals surface area contributed by atoms with Crippen molar-refractivity contribution in [3.8, 4) is 5.75 Å². The van der Waals surface area contributed by atoms with Gasteiger partial charge in [-0.25, -0.2) is 0 Å². The molecule has 1 nitrogen and oxygen atoms in total. The number of ether oxygens (including phenoxy) is 1. The van der Waals surface area contributed by atoms with Crippen molar-refractivity contribution < 1.29 is 4.74 Å². The lowest BCUT2D eigenvalue weighted by Gasteiger charge is -2.17. The minimum atomic E-state index is 0.413. The van der Waals surface area contributed by atoms with Crippen molar-refractivity contribution in [2.75, 3.05) is 13.0 Å². The molecule has 0 aliphatic rings. The van der Waals surface area contributed by atoms with Crippen LogP contribution in [0.2, 0.25) is 0 Å². The molecule has 0 radical (unpaired) electrons. The molecule has 0 aliphatic heterocycles. The maximum Gasteiger partial charge on any atom is 0.119 e. The minimum Gasteiger partial charge on any atom is -0.497 e. The molecule has 0 bridgehead atoms. The fraction of sp³-hybridized carbons (Fsp3) is 0.333. The normalized spacial score (nSPS) is 12.2. The van der Waals surface area contributed by atoms with Gasteiger partial charge in [-0.3, -0.25) is 0 Å². The summed E-state index contributed by atoms with van der Waals surface area (Å²) in [4.78, 5) is 0. The van der Waals surface area contributed by atoms with Gasteiger partial charge in [0.15, 0.2) is 0 Å². The second-order valence-electron chi connectivity index (χ2n) is 5.31.